The molecule has 2 rings (SSSR count). The monoisotopic (exact) mass is 440 g/mol. The number of hydrogen-bond acceptors (Lipinski definition) is 3. The Kier molecular flexibility index (Phi) is 9.47. The topological polar surface area (TPSA) is 39.7 Å². The van der Waals surface area contributed by atoms with Crippen LogP contribution in [0.1, 0.15) is 39.5 Å². The first-order chi connectivity index (χ1) is 10.1. The summed E-state index contributed by atoms with van der Waals surface area (Å²) in [6, 6.07) is 0. The zero-order valence-corrected chi connectivity index (χ0v) is 17.5. The molecule has 0 aromatic rings. The average Bonchev–Trinajstić information content (AvgIpc) is 2.95. The number of nitrogens with one attached hydrogen (secondary N) is 2. The van der Waals surface area contributed by atoms with Gasteiger partial charge in [-0.05, 0) is 57.4 Å². The molecule has 2 N–H and O–H groups in total. The second-order valence-corrected chi connectivity index (χ2v) is 8.29. The Morgan fingerprint density at radius 2 is 2.18 bits per heavy atom. The molecule has 2 atom stereocenters. The van der Waals surface area contributed by atoms with Gasteiger partial charge in [0.25, 0.3) is 0 Å². The number of rotatable bonds is 5. The van der Waals surface area contributed by atoms with Crippen LogP contribution >= 0.6 is 35.7 Å². The summed E-state index contributed by atoms with van der Waals surface area (Å²) in [6.45, 7) is 10.4. The summed E-state index contributed by atoms with van der Waals surface area (Å²) in [4.78, 5) is 6.93. The summed E-state index contributed by atoms with van der Waals surface area (Å²) in [6.07, 6.45) is 5.34. The molecule has 2 aliphatic rings. The van der Waals surface area contributed by atoms with Crippen LogP contribution in [0.2, 0.25) is 0 Å². The highest BCUT2D eigenvalue weighted by atomic mass is 127. The van der Waals surface area contributed by atoms with E-state index in [9.17, 15) is 0 Å². The highest BCUT2D eigenvalue weighted by molar-refractivity contribution is 14.0. The lowest BCUT2D eigenvalue weighted by molar-refractivity contribution is 0.183. The Hall–Kier alpha value is 0.310. The van der Waals surface area contributed by atoms with Gasteiger partial charge in [0.15, 0.2) is 5.96 Å². The minimum Gasteiger partial charge on any atom is -0.356 e. The summed E-state index contributed by atoms with van der Waals surface area (Å²) >= 11 is 2.09. The molecule has 0 spiro atoms. The molecule has 6 heteroatoms. The Bertz CT molecular complexity index is 345. The van der Waals surface area contributed by atoms with Crippen molar-refractivity contribution in [3.8, 4) is 0 Å². The number of piperidine rings is 1. The molecular weight excluding hydrogens is 407 g/mol. The molecule has 2 unspecified atom stereocenters. The van der Waals surface area contributed by atoms with Crippen LogP contribution in [0, 0.1) is 5.92 Å². The lowest BCUT2D eigenvalue weighted by atomic mass is 9.98. The zero-order valence-electron chi connectivity index (χ0n) is 14.4. The van der Waals surface area contributed by atoms with Gasteiger partial charge in [0, 0.05) is 31.4 Å². The molecular formula is C16H33IN4S. The van der Waals surface area contributed by atoms with Gasteiger partial charge >= 0.3 is 0 Å². The molecule has 130 valence electrons. The van der Waals surface area contributed by atoms with Crippen LogP contribution in [-0.2, 0) is 0 Å². The van der Waals surface area contributed by atoms with Crippen LogP contribution < -0.4 is 10.6 Å². The van der Waals surface area contributed by atoms with Gasteiger partial charge < -0.3 is 15.5 Å². The number of aliphatic imine (C=N–C) groups is 1. The van der Waals surface area contributed by atoms with Crippen LogP contribution in [0.3, 0.4) is 0 Å². The van der Waals surface area contributed by atoms with E-state index < -0.39 is 0 Å². The van der Waals surface area contributed by atoms with Crippen LogP contribution in [0.5, 0.6) is 0 Å². The summed E-state index contributed by atoms with van der Waals surface area (Å²) in [5, 5.41) is 7.05. The number of halogens is 1. The third-order valence-corrected chi connectivity index (χ3v) is 6.30. The molecule has 2 fully saturated rings. The summed E-state index contributed by atoms with van der Waals surface area (Å²) in [5.41, 5.74) is 0. The van der Waals surface area contributed by atoms with Gasteiger partial charge in [0.2, 0.25) is 0 Å². The van der Waals surface area contributed by atoms with Crippen LogP contribution in [0.15, 0.2) is 4.99 Å². The lowest BCUT2D eigenvalue weighted by Crippen LogP contribution is -2.47. The Balaban J connectivity index is 0.00000242. The van der Waals surface area contributed by atoms with Gasteiger partial charge in [0.1, 0.15) is 0 Å². The maximum atomic E-state index is 4.38. The van der Waals surface area contributed by atoms with Crippen LogP contribution in [0.4, 0.5) is 0 Å². The highest BCUT2D eigenvalue weighted by Crippen LogP contribution is 2.36. The van der Waals surface area contributed by atoms with Crippen molar-refractivity contribution in [2.75, 3.05) is 45.5 Å². The van der Waals surface area contributed by atoms with E-state index in [0.717, 1.165) is 25.0 Å². The Morgan fingerprint density at radius 1 is 1.36 bits per heavy atom. The summed E-state index contributed by atoms with van der Waals surface area (Å²) < 4.78 is 0.390. The fraction of sp³-hybridized carbons (Fsp3) is 0.938. The van der Waals surface area contributed by atoms with Crippen molar-refractivity contribution in [2.24, 2.45) is 10.9 Å². The van der Waals surface area contributed by atoms with E-state index >= 15 is 0 Å². The predicted octanol–water partition coefficient (Wildman–Crippen LogP) is 2.79. The quantitative estimate of drug-likeness (QED) is 0.392. The standard InChI is InChI=1S/C16H32N4S.HI/c1-4-20-9-5-7-14(12-20)11-18-15(17-3)19-13-16(2)8-6-10-21-16;/h14H,4-13H2,1-3H3,(H2,17,18,19);1H. The largest absolute Gasteiger partial charge is 0.356 e. The number of guanidine groups is 1. The second kappa shape index (κ2) is 10.2. The van der Waals surface area contributed by atoms with Crippen molar-refractivity contribution >= 4 is 41.7 Å². The molecule has 0 saturated carbocycles. The highest BCUT2D eigenvalue weighted by Gasteiger charge is 2.29. The van der Waals surface area contributed by atoms with Crippen molar-refractivity contribution in [2.45, 2.75) is 44.3 Å². The number of likely N-dealkylation sites (tertiary alicyclic amines) is 1. The molecule has 0 radical (unpaired) electrons. The minimum absolute atomic E-state index is 0. The van der Waals surface area contributed by atoms with Gasteiger partial charge in [-0.3, -0.25) is 4.99 Å². The van der Waals surface area contributed by atoms with Crippen LogP contribution in [0.25, 0.3) is 0 Å². The first-order valence-corrected chi connectivity index (χ1v) is 9.44. The smallest absolute Gasteiger partial charge is 0.191 e. The molecule has 0 bridgehead atoms. The van der Waals surface area contributed by atoms with Crippen molar-refractivity contribution < 1.29 is 0 Å². The average molecular weight is 440 g/mol. The van der Waals surface area contributed by atoms with E-state index in [-0.39, 0.29) is 24.0 Å². The fourth-order valence-corrected chi connectivity index (χ4v) is 4.56. The van der Waals surface area contributed by atoms with Crippen molar-refractivity contribution in [3.05, 3.63) is 0 Å². The number of nitrogens with zero attached hydrogens (tertiary/aromatic N) is 2. The number of hydrogen-bond donors (Lipinski definition) is 2. The predicted molar refractivity (Wildman–Crippen MR) is 110 cm³/mol. The molecule has 4 nitrogen and oxygen atoms in total. The SMILES string of the molecule is CCN1CCCC(CNC(=NC)NCC2(C)CCCS2)C1.I. The lowest BCUT2D eigenvalue weighted by Gasteiger charge is -2.32. The van der Waals surface area contributed by atoms with Gasteiger partial charge in [-0.15, -0.1) is 24.0 Å². The van der Waals surface area contributed by atoms with Gasteiger partial charge in [-0.2, -0.15) is 11.8 Å². The molecule has 0 amide bonds. The van der Waals surface area contributed by atoms with Gasteiger partial charge in [-0.25, -0.2) is 0 Å². The maximum absolute atomic E-state index is 4.38. The van der Waals surface area contributed by atoms with Crippen LogP contribution in [-0.4, -0.2) is 61.1 Å². The van der Waals surface area contributed by atoms with E-state index in [1.54, 1.807) is 0 Å². The summed E-state index contributed by atoms with van der Waals surface area (Å²) in [5.74, 6) is 3.03. The van der Waals surface area contributed by atoms with Gasteiger partial charge in [0.05, 0.1) is 0 Å². The third kappa shape index (κ3) is 6.43. The first kappa shape index (κ1) is 20.4. The summed E-state index contributed by atoms with van der Waals surface area (Å²) in [7, 11) is 1.87. The van der Waals surface area contributed by atoms with Gasteiger partial charge in [-0.1, -0.05) is 6.92 Å². The van der Waals surface area contributed by atoms with E-state index in [2.05, 4.69) is 46.1 Å². The third-order valence-electron chi connectivity index (χ3n) is 4.76. The molecule has 2 heterocycles. The van der Waals surface area contributed by atoms with E-state index in [4.69, 9.17) is 0 Å². The van der Waals surface area contributed by atoms with Crippen molar-refractivity contribution in [1.82, 2.24) is 15.5 Å². The van der Waals surface area contributed by atoms with Crippen molar-refractivity contribution in [1.29, 1.82) is 0 Å². The van der Waals surface area contributed by atoms with E-state index in [0.29, 0.717) is 4.75 Å². The molecule has 0 aromatic carbocycles. The Labute approximate surface area is 157 Å². The maximum Gasteiger partial charge on any atom is 0.191 e. The Morgan fingerprint density at radius 3 is 2.82 bits per heavy atom. The minimum atomic E-state index is 0. The molecule has 0 aromatic heterocycles. The molecule has 22 heavy (non-hydrogen) atoms. The normalized spacial score (nSPS) is 30.0. The zero-order chi connectivity index (χ0) is 15.1. The molecule has 2 aliphatic heterocycles. The second-order valence-electron chi connectivity index (χ2n) is 6.61. The number of thioether (sulfide) groups is 1. The van der Waals surface area contributed by atoms with Crippen molar-refractivity contribution in [3.63, 3.8) is 0 Å². The first-order valence-electron chi connectivity index (χ1n) is 8.46. The molecule has 2 saturated heterocycles. The van der Waals surface area contributed by atoms with E-state index in [1.165, 1.54) is 51.1 Å². The molecule has 0 aliphatic carbocycles. The van der Waals surface area contributed by atoms with E-state index in [1.807, 2.05) is 7.05 Å². The fourth-order valence-electron chi connectivity index (χ4n) is 3.31.